The first-order valence-corrected chi connectivity index (χ1v) is 9.38. The Morgan fingerprint density at radius 2 is 1.62 bits per heavy atom. The Kier molecular flexibility index (Phi) is 6.71. The third-order valence-corrected chi connectivity index (χ3v) is 4.55. The molecule has 5 nitrogen and oxygen atoms in total. The molecule has 2 aromatic carbocycles. The van der Waals surface area contributed by atoms with Crippen molar-refractivity contribution < 1.29 is 44.0 Å². The first-order chi connectivity index (χ1) is 15.7. The molecule has 0 spiro atoms. The zero-order chi connectivity index (χ0) is 25.3. The van der Waals surface area contributed by atoms with E-state index in [1.807, 2.05) is 0 Å². The molecule has 0 bridgehead atoms. The maximum atomic E-state index is 13.4. The predicted molar refractivity (Wildman–Crippen MR) is 103 cm³/mol. The second-order valence-corrected chi connectivity index (χ2v) is 7.04. The van der Waals surface area contributed by atoms with Crippen molar-refractivity contribution in [2.24, 2.45) is 0 Å². The molecule has 0 aliphatic rings. The van der Waals surface area contributed by atoms with Gasteiger partial charge in [-0.3, -0.25) is 0 Å². The summed E-state index contributed by atoms with van der Waals surface area (Å²) in [6, 6.07) is 6.42. The van der Waals surface area contributed by atoms with E-state index in [1.165, 1.54) is 13.1 Å². The average molecular weight is 498 g/mol. The molecule has 0 fully saturated rings. The number of nitrogens with one attached hydrogen (secondary N) is 1. The molecule has 1 aromatic heterocycles. The summed E-state index contributed by atoms with van der Waals surface area (Å²) < 4.78 is 123. The minimum absolute atomic E-state index is 0.131. The van der Waals surface area contributed by atoms with Gasteiger partial charge in [-0.2, -0.15) is 44.5 Å². The Hall–Kier alpha value is -3.45. The van der Waals surface area contributed by atoms with Crippen molar-refractivity contribution in [3.8, 4) is 11.5 Å². The highest BCUT2D eigenvalue weighted by Crippen LogP contribution is 2.38. The first kappa shape index (κ1) is 25.2. The van der Waals surface area contributed by atoms with Crippen LogP contribution in [0, 0.1) is 0 Å². The van der Waals surface area contributed by atoms with E-state index < -0.39 is 54.3 Å². The van der Waals surface area contributed by atoms with Gasteiger partial charge in [-0.25, -0.2) is 0 Å². The molecule has 0 amide bonds. The van der Waals surface area contributed by atoms with Crippen LogP contribution in [0.4, 0.5) is 50.9 Å². The lowest BCUT2D eigenvalue weighted by molar-refractivity contribution is -0.138. The lowest BCUT2D eigenvalue weighted by atomic mass is 10.1. The van der Waals surface area contributed by atoms with Crippen LogP contribution in [0.25, 0.3) is 11.5 Å². The van der Waals surface area contributed by atoms with E-state index in [1.54, 1.807) is 0 Å². The number of benzene rings is 2. The number of hydrogen-bond acceptors (Lipinski definition) is 5. The molecule has 0 aliphatic heterocycles. The topological polar surface area (TPSA) is 54.2 Å². The van der Waals surface area contributed by atoms with E-state index in [-0.39, 0.29) is 17.1 Å². The lowest BCUT2D eigenvalue weighted by Crippen LogP contribution is -2.34. The monoisotopic (exact) mass is 498 g/mol. The summed E-state index contributed by atoms with van der Waals surface area (Å²) in [5.41, 5.74) is -3.08. The van der Waals surface area contributed by atoms with Gasteiger partial charge < -0.3 is 14.7 Å². The molecule has 34 heavy (non-hydrogen) atoms. The summed E-state index contributed by atoms with van der Waals surface area (Å²) in [5.74, 6) is -0.766. The van der Waals surface area contributed by atoms with Crippen LogP contribution in [0.1, 0.15) is 17.0 Å². The van der Waals surface area contributed by atoms with Gasteiger partial charge in [0.15, 0.2) is 5.82 Å². The van der Waals surface area contributed by atoms with Gasteiger partial charge in [0, 0.05) is 24.0 Å². The first-order valence-electron chi connectivity index (χ1n) is 9.38. The van der Waals surface area contributed by atoms with Gasteiger partial charge in [-0.05, 0) is 36.4 Å². The summed E-state index contributed by atoms with van der Waals surface area (Å²) in [7, 11) is 1.23. The molecule has 3 aromatic rings. The van der Waals surface area contributed by atoms with Gasteiger partial charge in [-0.1, -0.05) is 11.2 Å². The van der Waals surface area contributed by atoms with Crippen LogP contribution in [0.5, 0.6) is 0 Å². The maximum Gasteiger partial charge on any atom is 0.418 e. The summed E-state index contributed by atoms with van der Waals surface area (Å²) in [6.45, 7) is -2.37. The van der Waals surface area contributed by atoms with Crippen molar-refractivity contribution >= 4 is 11.4 Å². The molecule has 184 valence electrons. The van der Waals surface area contributed by atoms with Crippen LogP contribution in [0.15, 0.2) is 47.0 Å². The Labute approximate surface area is 186 Å². The highest BCUT2D eigenvalue weighted by Gasteiger charge is 2.36. The largest absolute Gasteiger partial charge is 0.418 e. The molecule has 1 N–H and O–H groups in total. The van der Waals surface area contributed by atoms with Gasteiger partial charge in [0.05, 0.1) is 17.7 Å². The van der Waals surface area contributed by atoms with Gasteiger partial charge >= 0.3 is 18.5 Å². The normalized spacial score (nSPS) is 12.6. The number of alkyl halides is 9. The van der Waals surface area contributed by atoms with Crippen molar-refractivity contribution in [3.63, 3.8) is 0 Å². The number of anilines is 2. The summed E-state index contributed by atoms with van der Waals surface area (Å²) in [5, 5.41) is 5.80. The second kappa shape index (κ2) is 9.06. The summed E-state index contributed by atoms with van der Waals surface area (Å²) >= 11 is 0. The molecule has 0 aliphatic carbocycles. The lowest BCUT2D eigenvalue weighted by Gasteiger charge is -2.26. The number of nitrogens with zero attached hydrogens (tertiary/aromatic N) is 3. The summed E-state index contributed by atoms with van der Waals surface area (Å²) in [6.07, 6.45) is -14.3. The van der Waals surface area contributed by atoms with Crippen LogP contribution < -0.4 is 10.2 Å². The van der Waals surface area contributed by atoms with Crippen molar-refractivity contribution in [2.45, 2.75) is 25.1 Å². The van der Waals surface area contributed by atoms with Crippen molar-refractivity contribution in [3.05, 3.63) is 59.4 Å². The fourth-order valence-electron chi connectivity index (χ4n) is 3.07. The van der Waals surface area contributed by atoms with E-state index in [0.717, 1.165) is 30.3 Å². The maximum absolute atomic E-state index is 13.4. The van der Waals surface area contributed by atoms with Crippen LogP contribution in [0.3, 0.4) is 0 Å². The minimum atomic E-state index is -4.85. The highest BCUT2D eigenvalue weighted by molar-refractivity contribution is 5.62. The molecule has 0 unspecified atom stereocenters. The summed E-state index contributed by atoms with van der Waals surface area (Å²) in [4.78, 5) is 4.37. The Bertz CT molecular complexity index is 1140. The van der Waals surface area contributed by atoms with E-state index >= 15 is 0 Å². The Morgan fingerprint density at radius 3 is 2.21 bits per heavy atom. The van der Waals surface area contributed by atoms with Gasteiger partial charge in [0.25, 0.3) is 5.89 Å². The number of aromatic nitrogens is 2. The van der Waals surface area contributed by atoms with Crippen LogP contribution in [0.2, 0.25) is 0 Å². The molecule has 14 heteroatoms. The Morgan fingerprint density at radius 1 is 0.912 bits per heavy atom. The number of hydrogen-bond donors (Lipinski definition) is 1. The zero-order valence-corrected chi connectivity index (χ0v) is 17.1. The van der Waals surface area contributed by atoms with Crippen molar-refractivity contribution in [2.75, 3.05) is 23.8 Å². The molecule has 0 saturated carbocycles. The van der Waals surface area contributed by atoms with Gasteiger partial charge in [0.1, 0.15) is 6.54 Å². The zero-order valence-electron chi connectivity index (χ0n) is 17.1. The average Bonchev–Trinajstić information content (AvgIpc) is 3.19. The molecule has 3 rings (SSSR count). The van der Waals surface area contributed by atoms with E-state index in [4.69, 9.17) is 4.52 Å². The molecule has 0 atom stereocenters. The third kappa shape index (κ3) is 6.11. The van der Waals surface area contributed by atoms with Crippen molar-refractivity contribution in [1.29, 1.82) is 0 Å². The van der Waals surface area contributed by atoms with Crippen LogP contribution >= 0.6 is 0 Å². The standard InChI is InChI=1S/C20H15F9N4O/c1-30-15-6-5-13(8-14(15)20(27,28)29)33(10-18(21,22)23)9-16-31-17(34-32-16)11-3-2-4-12(7-11)19(24,25)26/h2-8,30H,9-10H2,1H3. The SMILES string of the molecule is CNc1ccc(N(Cc2noc(-c3cccc(C(F)(F)F)c3)n2)CC(F)(F)F)cc1C(F)(F)F. The molecular formula is C20H15F9N4O. The predicted octanol–water partition coefficient (Wildman–Crippen LogP) is 6.38. The van der Waals surface area contributed by atoms with E-state index in [0.29, 0.717) is 11.0 Å². The smallest absolute Gasteiger partial charge is 0.388 e. The van der Waals surface area contributed by atoms with Gasteiger partial charge in [0.2, 0.25) is 0 Å². The van der Waals surface area contributed by atoms with Crippen molar-refractivity contribution in [1.82, 2.24) is 10.1 Å². The number of halogens is 9. The number of rotatable bonds is 6. The van der Waals surface area contributed by atoms with Gasteiger partial charge in [-0.15, -0.1) is 0 Å². The van der Waals surface area contributed by atoms with E-state index in [9.17, 15) is 39.5 Å². The third-order valence-electron chi connectivity index (χ3n) is 4.55. The molecule has 1 heterocycles. The highest BCUT2D eigenvalue weighted by atomic mass is 19.4. The quantitative estimate of drug-likeness (QED) is 0.400. The second-order valence-electron chi connectivity index (χ2n) is 7.04. The fraction of sp³-hybridized carbons (Fsp3) is 0.300. The molecule has 0 saturated heterocycles. The Balaban J connectivity index is 1.94. The van der Waals surface area contributed by atoms with E-state index in [2.05, 4.69) is 15.5 Å². The minimum Gasteiger partial charge on any atom is -0.388 e. The van der Waals surface area contributed by atoms with Crippen LogP contribution in [-0.4, -0.2) is 29.9 Å². The fourth-order valence-corrected chi connectivity index (χ4v) is 3.07. The molecular weight excluding hydrogens is 483 g/mol. The molecule has 0 radical (unpaired) electrons. The van der Waals surface area contributed by atoms with Crippen LogP contribution in [-0.2, 0) is 18.9 Å².